The molecule has 5 heteroatoms. The number of nitrogens with zero attached hydrogens (tertiary/aromatic N) is 1. The normalized spacial score (nSPS) is 13.5. The average molecular weight is 312 g/mol. The lowest BCUT2D eigenvalue weighted by atomic mass is 10.1. The van der Waals surface area contributed by atoms with E-state index in [2.05, 4.69) is 5.32 Å². The SMILES string of the molecule is C[C@@H](NC(=O)CN(C)c1ccccc1)c1ccc2c(c1)OCO2. The summed E-state index contributed by atoms with van der Waals surface area (Å²) >= 11 is 0. The van der Waals surface area contributed by atoms with Crippen molar-refractivity contribution in [3.8, 4) is 11.5 Å². The minimum Gasteiger partial charge on any atom is -0.454 e. The van der Waals surface area contributed by atoms with Crippen molar-refractivity contribution in [2.24, 2.45) is 0 Å². The van der Waals surface area contributed by atoms with E-state index in [1.165, 1.54) is 0 Å². The van der Waals surface area contributed by atoms with Crippen LogP contribution in [0.4, 0.5) is 5.69 Å². The highest BCUT2D eigenvalue weighted by Gasteiger charge is 2.17. The van der Waals surface area contributed by atoms with Gasteiger partial charge in [0.2, 0.25) is 12.7 Å². The maximum absolute atomic E-state index is 12.2. The summed E-state index contributed by atoms with van der Waals surface area (Å²) < 4.78 is 10.7. The van der Waals surface area contributed by atoms with Crippen molar-refractivity contribution < 1.29 is 14.3 Å². The number of fused-ring (bicyclic) bond motifs is 1. The van der Waals surface area contributed by atoms with Gasteiger partial charge in [-0.2, -0.15) is 0 Å². The molecule has 0 spiro atoms. The highest BCUT2D eigenvalue weighted by Crippen LogP contribution is 2.34. The molecule has 1 atom stereocenters. The van der Waals surface area contributed by atoms with E-state index < -0.39 is 0 Å². The molecule has 0 saturated heterocycles. The Kier molecular flexibility index (Phi) is 4.37. The number of nitrogens with one attached hydrogen (secondary N) is 1. The maximum Gasteiger partial charge on any atom is 0.239 e. The number of para-hydroxylation sites is 1. The first-order valence-electron chi connectivity index (χ1n) is 7.58. The Morgan fingerprint density at radius 1 is 1.17 bits per heavy atom. The van der Waals surface area contributed by atoms with E-state index in [4.69, 9.17) is 9.47 Å². The van der Waals surface area contributed by atoms with Crippen LogP contribution in [0.5, 0.6) is 11.5 Å². The van der Waals surface area contributed by atoms with Crippen molar-refractivity contribution in [1.29, 1.82) is 0 Å². The highest BCUT2D eigenvalue weighted by molar-refractivity contribution is 5.81. The predicted molar refractivity (Wildman–Crippen MR) is 88.8 cm³/mol. The number of amides is 1. The van der Waals surface area contributed by atoms with E-state index in [0.717, 1.165) is 22.7 Å². The summed E-state index contributed by atoms with van der Waals surface area (Å²) in [7, 11) is 1.90. The van der Waals surface area contributed by atoms with Gasteiger partial charge in [-0.05, 0) is 36.8 Å². The van der Waals surface area contributed by atoms with Crippen molar-refractivity contribution in [1.82, 2.24) is 5.32 Å². The second kappa shape index (κ2) is 6.60. The van der Waals surface area contributed by atoms with Gasteiger partial charge in [-0.15, -0.1) is 0 Å². The van der Waals surface area contributed by atoms with Gasteiger partial charge in [-0.25, -0.2) is 0 Å². The van der Waals surface area contributed by atoms with Gasteiger partial charge in [0.15, 0.2) is 11.5 Å². The van der Waals surface area contributed by atoms with Gasteiger partial charge in [0.1, 0.15) is 0 Å². The molecular weight excluding hydrogens is 292 g/mol. The highest BCUT2D eigenvalue weighted by atomic mass is 16.7. The number of ether oxygens (including phenoxy) is 2. The quantitative estimate of drug-likeness (QED) is 0.922. The lowest BCUT2D eigenvalue weighted by Gasteiger charge is -2.21. The Labute approximate surface area is 135 Å². The molecular formula is C18H20N2O3. The van der Waals surface area contributed by atoms with Crippen molar-refractivity contribution in [3.05, 3.63) is 54.1 Å². The van der Waals surface area contributed by atoms with Gasteiger partial charge in [-0.1, -0.05) is 24.3 Å². The second-order valence-electron chi connectivity index (χ2n) is 5.59. The number of benzene rings is 2. The summed E-state index contributed by atoms with van der Waals surface area (Å²) in [5.41, 5.74) is 2.00. The minimum absolute atomic E-state index is 0.0264. The molecule has 120 valence electrons. The standard InChI is InChI=1S/C18H20N2O3/c1-13(14-8-9-16-17(10-14)23-12-22-16)19-18(21)11-20(2)15-6-4-3-5-7-15/h3-10,13H,11-12H2,1-2H3,(H,19,21)/t13-/m1/s1. The van der Waals surface area contributed by atoms with Gasteiger partial charge in [0.25, 0.3) is 0 Å². The van der Waals surface area contributed by atoms with Gasteiger partial charge in [0, 0.05) is 12.7 Å². The first kappa shape index (κ1) is 15.2. The number of hydrogen-bond donors (Lipinski definition) is 1. The van der Waals surface area contributed by atoms with Crippen LogP contribution >= 0.6 is 0 Å². The van der Waals surface area contributed by atoms with Crippen LogP contribution in [0.15, 0.2) is 48.5 Å². The number of carbonyl (C=O) groups excluding carboxylic acids is 1. The van der Waals surface area contributed by atoms with E-state index >= 15 is 0 Å². The molecule has 1 N–H and O–H groups in total. The molecule has 0 unspecified atom stereocenters. The van der Waals surface area contributed by atoms with Crippen molar-refractivity contribution in [3.63, 3.8) is 0 Å². The Bertz CT molecular complexity index is 688. The smallest absolute Gasteiger partial charge is 0.239 e. The number of hydrogen-bond acceptors (Lipinski definition) is 4. The Morgan fingerprint density at radius 3 is 2.70 bits per heavy atom. The predicted octanol–water partition coefficient (Wildman–Crippen LogP) is 2.73. The zero-order valence-corrected chi connectivity index (χ0v) is 13.3. The number of rotatable bonds is 5. The fraction of sp³-hybridized carbons (Fsp3) is 0.278. The molecule has 0 saturated carbocycles. The summed E-state index contributed by atoms with van der Waals surface area (Å²) in [6.45, 7) is 2.51. The molecule has 0 bridgehead atoms. The number of anilines is 1. The van der Waals surface area contributed by atoms with Gasteiger partial charge >= 0.3 is 0 Å². The van der Waals surface area contributed by atoms with Gasteiger partial charge in [0.05, 0.1) is 12.6 Å². The fourth-order valence-corrected chi connectivity index (χ4v) is 2.54. The lowest BCUT2D eigenvalue weighted by Crippen LogP contribution is -2.36. The monoisotopic (exact) mass is 312 g/mol. The lowest BCUT2D eigenvalue weighted by molar-refractivity contribution is -0.120. The first-order valence-corrected chi connectivity index (χ1v) is 7.58. The summed E-state index contributed by atoms with van der Waals surface area (Å²) in [4.78, 5) is 14.2. The zero-order chi connectivity index (χ0) is 16.2. The molecule has 1 heterocycles. The van der Waals surface area contributed by atoms with E-state index in [-0.39, 0.29) is 18.7 Å². The van der Waals surface area contributed by atoms with Crippen LogP contribution in [0.3, 0.4) is 0 Å². The first-order chi connectivity index (χ1) is 11.1. The largest absolute Gasteiger partial charge is 0.454 e. The zero-order valence-electron chi connectivity index (χ0n) is 13.3. The van der Waals surface area contributed by atoms with Crippen molar-refractivity contribution in [2.75, 3.05) is 25.3 Å². The van der Waals surface area contributed by atoms with Crippen molar-refractivity contribution in [2.45, 2.75) is 13.0 Å². The van der Waals surface area contributed by atoms with E-state index in [9.17, 15) is 4.79 Å². The molecule has 1 aliphatic rings. The Morgan fingerprint density at radius 2 is 1.91 bits per heavy atom. The van der Waals surface area contributed by atoms with Crippen LogP contribution in [0.1, 0.15) is 18.5 Å². The van der Waals surface area contributed by atoms with Gasteiger partial charge < -0.3 is 19.7 Å². The molecule has 2 aromatic rings. The van der Waals surface area contributed by atoms with Crippen LogP contribution < -0.4 is 19.7 Å². The maximum atomic E-state index is 12.2. The van der Waals surface area contributed by atoms with Crippen LogP contribution in [0.25, 0.3) is 0 Å². The van der Waals surface area contributed by atoms with Crippen molar-refractivity contribution >= 4 is 11.6 Å². The summed E-state index contributed by atoms with van der Waals surface area (Å²) in [6.07, 6.45) is 0. The third kappa shape index (κ3) is 3.56. The molecule has 1 amide bonds. The molecule has 0 radical (unpaired) electrons. The molecule has 5 nitrogen and oxygen atoms in total. The average Bonchev–Trinajstić information content (AvgIpc) is 3.03. The molecule has 3 rings (SSSR count). The third-order valence-corrected chi connectivity index (χ3v) is 3.85. The van der Waals surface area contributed by atoms with E-state index in [1.54, 1.807) is 0 Å². The van der Waals surface area contributed by atoms with Crippen LogP contribution in [-0.2, 0) is 4.79 Å². The number of carbonyl (C=O) groups is 1. The fourth-order valence-electron chi connectivity index (χ4n) is 2.54. The van der Waals surface area contributed by atoms with Crippen LogP contribution in [0, 0.1) is 0 Å². The minimum atomic E-state index is -0.0961. The van der Waals surface area contributed by atoms with Gasteiger partial charge in [-0.3, -0.25) is 4.79 Å². The van der Waals surface area contributed by atoms with Crippen LogP contribution in [-0.4, -0.2) is 26.3 Å². The topological polar surface area (TPSA) is 50.8 Å². The number of likely N-dealkylation sites (N-methyl/N-ethyl adjacent to an activating group) is 1. The molecule has 0 aromatic heterocycles. The molecule has 2 aromatic carbocycles. The summed E-state index contributed by atoms with van der Waals surface area (Å²) in [5.74, 6) is 1.45. The molecule has 1 aliphatic heterocycles. The summed E-state index contributed by atoms with van der Waals surface area (Å²) in [6, 6.07) is 15.5. The third-order valence-electron chi connectivity index (χ3n) is 3.85. The molecule has 23 heavy (non-hydrogen) atoms. The van der Waals surface area contributed by atoms with E-state index in [0.29, 0.717) is 6.54 Å². The van der Waals surface area contributed by atoms with Crippen LogP contribution in [0.2, 0.25) is 0 Å². The molecule has 0 aliphatic carbocycles. The van der Waals surface area contributed by atoms with E-state index in [1.807, 2.05) is 67.4 Å². The Hall–Kier alpha value is -2.69. The second-order valence-corrected chi connectivity index (χ2v) is 5.59. The molecule has 0 fully saturated rings. The Balaban J connectivity index is 1.59. The summed E-state index contributed by atoms with van der Waals surface area (Å²) in [5, 5.41) is 3.01.